The first-order chi connectivity index (χ1) is 30.7. The van der Waals surface area contributed by atoms with Gasteiger partial charge in [0.25, 0.3) is 0 Å². The smallest absolute Gasteiger partial charge is 0.147 e. The zero-order valence-corrected chi connectivity index (χ0v) is 36.6. The van der Waals surface area contributed by atoms with E-state index in [-0.39, 0.29) is 23.8 Å². The summed E-state index contributed by atoms with van der Waals surface area (Å²) in [5.41, 5.74) is 12.1. The molecule has 6 aromatic carbocycles. The van der Waals surface area contributed by atoms with E-state index >= 15 is 0 Å². The number of fused-ring (bicyclic) bond motifs is 1. The van der Waals surface area contributed by atoms with Crippen molar-refractivity contribution in [1.82, 2.24) is 4.57 Å². The summed E-state index contributed by atoms with van der Waals surface area (Å²) in [6.07, 6.45) is 14.5. The van der Waals surface area contributed by atoms with Crippen molar-refractivity contribution < 1.29 is 20.4 Å². The largest absolute Gasteiger partial charge is 0.515 e. The highest BCUT2D eigenvalue weighted by molar-refractivity contribution is 6.39. The van der Waals surface area contributed by atoms with Crippen LogP contribution in [-0.4, -0.2) is 39.4 Å². The Bertz CT molecular complexity index is 2870. The molecule has 0 bridgehead atoms. The van der Waals surface area contributed by atoms with Crippen molar-refractivity contribution in [3.63, 3.8) is 0 Å². The minimum Gasteiger partial charge on any atom is -0.515 e. The Balaban J connectivity index is 1.30. The molecule has 8 rings (SSSR count). The first kappa shape index (κ1) is 42.6. The summed E-state index contributed by atoms with van der Waals surface area (Å²) in [5.74, 6) is 0.736. The fraction of sp³-hybridized carbons (Fsp3) is 0.179. The lowest BCUT2D eigenvalue weighted by Crippen LogP contribution is -2.28. The van der Waals surface area contributed by atoms with E-state index in [0.29, 0.717) is 45.8 Å². The number of phenols is 2. The van der Waals surface area contributed by atoms with Crippen molar-refractivity contribution in [2.45, 2.75) is 52.9 Å². The topological polar surface area (TPSA) is 89.1 Å². The summed E-state index contributed by atoms with van der Waals surface area (Å²) in [7, 11) is 1.91. The van der Waals surface area contributed by atoms with Crippen molar-refractivity contribution in [2.24, 2.45) is 5.92 Å². The number of benzene rings is 6. The molecule has 4 N–H and O–H groups in total. The molecule has 1 aromatic heterocycles. The van der Waals surface area contributed by atoms with Gasteiger partial charge in [-0.1, -0.05) is 147 Å². The normalized spacial score (nSPS) is 13.6. The van der Waals surface area contributed by atoms with E-state index in [2.05, 4.69) is 107 Å². The molecule has 316 valence electrons. The number of allylic oxidation sites excluding steroid dienone is 3. The number of aromatic hydroxyl groups is 2. The van der Waals surface area contributed by atoms with Crippen LogP contribution in [0.4, 0.5) is 11.4 Å². The number of hydrogen-bond acceptors (Lipinski definition) is 5. The molecular formula is C56H55BN2O4. The van der Waals surface area contributed by atoms with E-state index in [1.54, 1.807) is 0 Å². The summed E-state index contributed by atoms with van der Waals surface area (Å²) in [4.78, 5) is 2.09. The molecule has 1 aliphatic carbocycles. The predicted octanol–water partition coefficient (Wildman–Crippen LogP) is 13.0. The third-order valence-corrected chi connectivity index (χ3v) is 12.3. The van der Waals surface area contributed by atoms with Crippen LogP contribution < -0.4 is 10.4 Å². The molecule has 1 aliphatic rings. The summed E-state index contributed by atoms with van der Waals surface area (Å²) < 4.78 is 2.34. The Morgan fingerprint density at radius 1 is 0.762 bits per heavy atom. The molecule has 0 unspecified atom stereocenters. The van der Waals surface area contributed by atoms with Gasteiger partial charge in [-0.15, -0.1) is 0 Å². The second-order valence-corrected chi connectivity index (χ2v) is 16.6. The third-order valence-electron chi connectivity index (χ3n) is 12.3. The Kier molecular flexibility index (Phi) is 12.8. The van der Waals surface area contributed by atoms with Crippen molar-refractivity contribution >= 4 is 53.3 Å². The standard InChI is InChI=1S/C56H55BN2O4/c1-4-17-44-45-25-13-15-28-50(45)59(48(44)18-5-2)49-27-14-12-24-43(49)40-31-33-42(34-32-40)58(35-37(3)54(61)47(36-60)39-20-8-6-9-21-39)53-46(26-16-19-38-29-30-38)55(62)51(56(63)52(53)57)41-22-10-7-11-23-41/h4-15,17-18,20-25,27-28,31-34,36,38,60-63H,16,19,26,29-30,35,57H2,1-3H3/b17-4-,18-5-,47-36+,54-37+. The average Bonchev–Trinajstić information content (AvgIpc) is 4.10. The second kappa shape index (κ2) is 18.9. The van der Waals surface area contributed by atoms with E-state index in [1.807, 2.05) is 89.3 Å². The molecule has 0 aliphatic heterocycles. The van der Waals surface area contributed by atoms with Crippen molar-refractivity contribution in [3.05, 3.63) is 186 Å². The fourth-order valence-corrected chi connectivity index (χ4v) is 9.03. The molecule has 63 heavy (non-hydrogen) atoms. The van der Waals surface area contributed by atoms with Crippen LogP contribution in [0, 0.1) is 5.92 Å². The Labute approximate surface area is 372 Å². The highest BCUT2D eigenvalue weighted by Crippen LogP contribution is 2.46. The predicted molar refractivity (Wildman–Crippen MR) is 267 cm³/mol. The number of aromatic nitrogens is 1. The van der Waals surface area contributed by atoms with Gasteiger partial charge in [0.15, 0.2) is 0 Å². The van der Waals surface area contributed by atoms with E-state index in [1.165, 1.54) is 23.8 Å². The Morgan fingerprint density at radius 2 is 1.41 bits per heavy atom. The number of anilines is 2. The van der Waals surface area contributed by atoms with Gasteiger partial charge < -0.3 is 29.9 Å². The molecule has 0 spiro atoms. The lowest BCUT2D eigenvalue weighted by molar-refractivity contribution is 0.421. The number of nitrogens with zero attached hydrogens (tertiary/aromatic N) is 2. The maximum absolute atomic E-state index is 12.3. The molecule has 6 nitrogen and oxygen atoms in total. The molecular weight excluding hydrogens is 775 g/mol. The van der Waals surface area contributed by atoms with Crippen LogP contribution in [0.1, 0.15) is 68.8 Å². The van der Waals surface area contributed by atoms with Gasteiger partial charge in [0.2, 0.25) is 0 Å². The second-order valence-electron chi connectivity index (χ2n) is 16.6. The van der Waals surface area contributed by atoms with Crippen LogP contribution in [0.5, 0.6) is 11.5 Å². The van der Waals surface area contributed by atoms with Gasteiger partial charge in [-0.25, -0.2) is 0 Å². The first-order valence-corrected chi connectivity index (χ1v) is 22.0. The molecule has 1 saturated carbocycles. The summed E-state index contributed by atoms with van der Waals surface area (Å²) in [6, 6.07) is 44.3. The van der Waals surface area contributed by atoms with E-state index in [0.717, 1.165) is 63.9 Å². The maximum Gasteiger partial charge on any atom is 0.147 e. The number of phenolic OH excluding ortho intramolecular Hbond substituents is 2. The number of hydrogen-bond donors (Lipinski definition) is 4. The molecule has 0 saturated heterocycles. The summed E-state index contributed by atoms with van der Waals surface area (Å²) in [5, 5.41) is 47.9. The molecule has 1 heterocycles. The molecule has 7 aromatic rings. The van der Waals surface area contributed by atoms with Crippen LogP contribution in [-0.2, 0) is 6.42 Å². The lowest BCUT2D eigenvalue weighted by Gasteiger charge is -2.32. The minimum absolute atomic E-state index is 0.00874. The monoisotopic (exact) mass is 830 g/mol. The molecule has 0 radical (unpaired) electrons. The molecule has 7 heteroatoms. The van der Waals surface area contributed by atoms with Crippen LogP contribution >= 0.6 is 0 Å². The van der Waals surface area contributed by atoms with Gasteiger partial charge >= 0.3 is 0 Å². The van der Waals surface area contributed by atoms with Gasteiger partial charge in [-0.2, -0.15) is 0 Å². The van der Waals surface area contributed by atoms with Gasteiger partial charge in [-0.05, 0) is 97.6 Å². The van der Waals surface area contributed by atoms with Crippen LogP contribution in [0.3, 0.4) is 0 Å². The molecule has 1 fully saturated rings. The van der Waals surface area contributed by atoms with Gasteiger partial charge in [0, 0.05) is 40.0 Å². The molecule has 0 atom stereocenters. The van der Waals surface area contributed by atoms with E-state index < -0.39 is 0 Å². The number of aliphatic hydroxyl groups excluding tert-OH is 2. The summed E-state index contributed by atoms with van der Waals surface area (Å²) >= 11 is 0. The van der Waals surface area contributed by atoms with Gasteiger partial charge in [0.05, 0.1) is 34.3 Å². The minimum atomic E-state index is -0.0466. The zero-order valence-electron chi connectivity index (χ0n) is 36.6. The van der Waals surface area contributed by atoms with Gasteiger partial charge in [-0.3, -0.25) is 0 Å². The van der Waals surface area contributed by atoms with E-state index in [4.69, 9.17) is 0 Å². The van der Waals surface area contributed by atoms with Crippen LogP contribution in [0.15, 0.2) is 163 Å². The fourth-order valence-electron chi connectivity index (χ4n) is 9.03. The molecule has 0 amide bonds. The average molecular weight is 831 g/mol. The van der Waals surface area contributed by atoms with Crippen molar-refractivity contribution in [3.8, 4) is 39.4 Å². The van der Waals surface area contributed by atoms with E-state index in [9.17, 15) is 20.4 Å². The number of aliphatic hydroxyl groups is 2. The van der Waals surface area contributed by atoms with Crippen LogP contribution in [0.2, 0.25) is 0 Å². The van der Waals surface area contributed by atoms with Crippen molar-refractivity contribution in [2.75, 3.05) is 11.4 Å². The third kappa shape index (κ3) is 8.56. The number of para-hydroxylation sites is 2. The number of rotatable bonds is 15. The zero-order chi connectivity index (χ0) is 44.0. The lowest BCUT2D eigenvalue weighted by atomic mass is 9.83. The SMILES string of the molecule is Bc1c(O)c(-c2ccccc2)c(O)c(CCCC2CC2)c1N(C/C(C)=C(O)\C(=C\O)c1ccccc1)c1ccc(-c2ccccc2-n2c(/C=C\C)c(/C=C\C)c3ccccc32)cc1. The van der Waals surface area contributed by atoms with Gasteiger partial charge in [0.1, 0.15) is 25.1 Å². The highest BCUT2D eigenvalue weighted by Gasteiger charge is 2.29. The summed E-state index contributed by atoms with van der Waals surface area (Å²) in [6.45, 7) is 6.15. The Morgan fingerprint density at radius 3 is 2.10 bits per heavy atom. The maximum atomic E-state index is 12.3. The van der Waals surface area contributed by atoms with Crippen molar-refractivity contribution in [1.29, 1.82) is 0 Å². The highest BCUT2D eigenvalue weighted by atomic mass is 16.3. The van der Waals surface area contributed by atoms with Crippen LogP contribution in [0.25, 0.3) is 56.6 Å². The quantitative estimate of drug-likeness (QED) is 0.0469. The first-order valence-electron chi connectivity index (χ1n) is 22.0. The Hall–Kier alpha value is -7.12.